The van der Waals surface area contributed by atoms with Crippen molar-refractivity contribution >= 4 is 23.4 Å². The van der Waals surface area contributed by atoms with Crippen LogP contribution in [0.25, 0.3) is 0 Å². The highest BCUT2D eigenvalue weighted by Crippen LogP contribution is 2.22. The predicted molar refractivity (Wildman–Crippen MR) is 65.4 cm³/mol. The Hall–Kier alpha value is -1.50. The number of rotatable bonds is 4. The number of aromatic nitrogens is 2. The summed E-state index contributed by atoms with van der Waals surface area (Å²) in [4.78, 5) is 24.2. The van der Waals surface area contributed by atoms with E-state index in [-0.39, 0.29) is 12.3 Å². The number of carbonyl (C=O) groups excluding carboxylic acids is 1. The molecule has 6 nitrogen and oxygen atoms in total. The van der Waals surface area contributed by atoms with Crippen LogP contribution in [0.5, 0.6) is 0 Å². The summed E-state index contributed by atoms with van der Waals surface area (Å²) in [5.74, 6) is -0.402. The fraction of sp³-hybridized carbons (Fsp3) is 0.636. The average Bonchev–Trinajstić information content (AvgIpc) is 2.90. The molecule has 1 aromatic rings. The van der Waals surface area contributed by atoms with Gasteiger partial charge in [0.05, 0.1) is 0 Å². The van der Waals surface area contributed by atoms with Gasteiger partial charge in [-0.2, -0.15) is 0 Å². The Morgan fingerprint density at radius 1 is 1.44 bits per heavy atom. The molecule has 0 atom stereocenters. The second kappa shape index (κ2) is 5.90. The van der Waals surface area contributed by atoms with Gasteiger partial charge in [-0.3, -0.25) is 9.59 Å². The maximum absolute atomic E-state index is 12.0. The van der Waals surface area contributed by atoms with Gasteiger partial charge < -0.3 is 10.0 Å². The molecule has 1 amide bonds. The first-order chi connectivity index (χ1) is 8.66. The summed E-state index contributed by atoms with van der Waals surface area (Å²) in [6, 6.07) is 0. The van der Waals surface area contributed by atoms with E-state index >= 15 is 0 Å². The molecule has 1 N–H and O–H groups in total. The van der Waals surface area contributed by atoms with Gasteiger partial charge in [-0.1, -0.05) is 4.49 Å². The molecule has 0 saturated carbocycles. The van der Waals surface area contributed by atoms with Crippen molar-refractivity contribution < 1.29 is 14.7 Å². The molecule has 0 aliphatic carbocycles. The van der Waals surface area contributed by atoms with Gasteiger partial charge in [-0.25, -0.2) is 0 Å². The number of piperidine rings is 1. The fourth-order valence-electron chi connectivity index (χ4n) is 2.17. The third kappa shape index (κ3) is 3.25. The van der Waals surface area contributed by atoms with Crippen LogP contribution in [0.4, 0.5) is 0 Å². The number of likely N-dealkylation sites (tertiary alicyclic amines) is 1. The monoisotopic (exact) mass is 269 g/mol. The largest absolute Gasteiger partial charge is 0.481 e. The zero-order valence-corrected chi connectivity index (χ0v) is 10.7. The molecule has 1 saturated heterocycles. The molecule has 7 heteroatoms. The highest BCUT2D eigenvalue weighted by molar-refractivity contribution is 7.03. The normalized spacial score (nSPS) is 16.8. The van der Waals surface area contributed by atoms with Crippen molar-refractivity contribution in [2.45, 2.75) is 25.7 Å². The maximum Gasteiger partial charge on any atom is 0.303 e. The van der Waals surface area contributed by atoms with Crippen molar-refractivity contribution in [1.82, 2.24) is 14.5 Å². The van der Waals surface area contributed by atoms with Crippen LogP contribution in [0.2, 0.25) is 0 Å². The lowest BCUT2D eigenvalue weighted by atomic mass is 9.92. The molecular formula is C11H15N3O3S. The Kier molecular flexibility index (Phi) is 4.24. The summed E-state index contributed by atoms with van der Waals surface area (Å²) < 4.78 is 3.68. The number of carboxylic acid groups (broad SMARTS) is 1. The first-order valence-electron chi connectivity index (χ1n) is 5.95. The Bertz CT molecular complexity index is 413. The molecule has 0 aromatic carbocycles. The van der Waals surface area contributed by atoms with Crippen molar-refractivity contribution in [3.63, 3.8) is 0 Å². The van der Waals surface area contributed by atoms with Crippen molar-refractivity contribution in [2.24, 2.45) is 5.92 Å². The molecule has 1 aliphatic rings. The van der Waals surface area contributed by atoms with Gasteiger partial charge >= 0.3 is 5.97 Å². The number of carbonyl (C=O) groups is 2. The molecule has 0 spiro atoms. The first kappa shape index (κ1) is 12.9. The summed E-state index contributed by atoms with van der Waals surface area (Å²) in [5, 5.41) is 14.1. The van der Waals surface area contributed by atoms with Crippen LogP contribution >= 0.6 is 11.5 Å². The van der Waals surface area contributed by atoms with E-state index in [2.05, 4.69) is 9.59 Å². The highest BCUT2D eigenvalue weighted by atomic mass is 32.1. The summed E-state index contributed by atoms with van der Waals surface area (Å²) in [7, 11) is 0. The minimum atomic E-state index is -0.748. The van der Waals surface area contributed by atoms with Crippen LogP contribution in [0.15, 0.2) is 5.38 Å². The third-order valence-electron chi connectivity index (χ3n) is 3.25. The molecule has 1 fully saturated rings. The molecular weight excluding hydrogens is 254 g/mol. The van der Waals surface area contributed by atoms with Crippen molar-refractivity contribution in [3.05, 3.63) is 11.1 Å². The topological polar surface area (TPSA) is 83.4 Å². The lowest BCUT2D eigenvalue weighted by Gasteiger charge is -2.31. The quantitative estimate of drug-likeness (QED) is 0.889. The minimum absolute atomic E-state index is 0.0690. The molecule has 1 aromatic heterocycles. The van der Waals surface area contributed by atoms with Crippen LogP contribution in [-0.4, -0.2) is 44.6 Å². The molecule has 0 bridgehead atoms. The van der Waals surface area contributed by atoms with Gasteiger partial charge in [0, 0.05) is 24.9 Å². The van der Waals surface area contributed by atoms with Gasteiger partial charge in [-0.15, -0.1) is 5.10 Å². The second-order valence-electron chi connectivity index (χ2n) is 4.46. The zero-order chi connectivity index (χ0) is 13.0. The SMILES string of the molecule is O=C(O)CCC1CCN(C(=O)c2csnn2)CC1. The first-order valence-corrected chi connectivity index (χ1v) is 6.78. The molecule has 0 unspecified atom stereocenters. The third-order valence-corrected chi connectivity index (χ3v) is 3.75. The van der Waals surface area contributed by atoms with Gasteiger partial charge in [0.1, 0.15) is 0 Å². The number of amides is 1. The highest BCUT2D eigenvalue weighted by Gasteiger charge is 2.25. The number of carboxylic acids is 1. The van der Waals surface area contributed by atoms with E-state index in [4.69, 9.17) is 5.11 Å². The summed E-state index contributed by atoms with van der Waals surface area (Å²) in [5.41, 5.74) is 0.406. The summed E-state index contributed by atoms with van der Waals surface area (Å²) >= 11 is 1.17. The molecule has 2 rings (SSSR count). The number of nitrogens with zero attached hydrogens (tertiary/aromatic N) is 3. The summed E-state index contributed by atoms with van der Waals surface area (Å²) in [6.07, 6.45) is 2.66. The number of hydrogen-bond acceptors (Lipinski definition) is 5. The maximum atomic E-state index is 12.0. The van der Waals surface area contributed by atoms with Gasteiger partial charge in [0.25, 0.3) is 5.91 Å². The Morgan fingerprint density at radius 2 is 2.17 bits per heavy atom. The Labute approximate surface area is 109 Å². The zero-order valence-electron chi connectivity index (χ0n) is 9.91. The van der Waals surface area contributed by atoms with E-state index in [1.54, 1.807) is 10.3 Å². The lowest BCUT2D eigenvalue weighted by molar-refractivity contribution is -0.137. The van der Waals surface area contributed by atoms with Crippen LogP contribution in [-0.2, 0) is 4.79 Å². The van der Waals surface area contributed by atoms with Crippen LogP contribution in [0.1, 0.15) is 36.2 Å². The van der Waals surface area contributed by atoms with Crippen molar-refractivity contribution in [2.75, 3.05) is 13.1 Å². The molecule has 0 radical (unpaired) electrons. The second-order valence-corrected chi connectivity index (χ2v) is 5.07. The van der Waals surface area contributed by atoms with Crippen LogP contribution < -0.4 is 0 Å². The van der Waals surface area contributed by atoms with E-state index in [1.165, 1.54) is 11.5 Å². The van der Waals surface area contributed by atoms with Gasteiger partial charge in [-0.05, 0) is 36.7 Å². The lowest BCUT2D eigenvalue weighted by Crippen LogP contribution is -2.38. The number of aliphatic carboxylic acids is 1. The van der Waals surface area contributed by atoms with E-state index in [0.717, 1.165) is 12.8 Å². The Morgan fingerprint density at radius 3 is 2.72 bits per heavy atom. The van der Waals surface area contributed by atoms with Crippen LogP contribution in [0.3, 0.4) is 0 Å². The molecule has 1 aliphatic heterocycles. The van der Waals surface area contributed by atoms with Crippen LogP contribution in [0, 0.1) is 5.92 Å². The van der Waals surface area contributed by atoms with Crippen molar-refractivity contribution in [1.29, 1.82) is 0 Å². The van der Waals surface area contributed by atoms with E-state index in [0.29, 0.717) is 31.1 Å². The smallest absolute Gasteiger partial charge is 0.303 e. The molecule has 98 valence electrons. The van der Waals surface area contributed by atoms with E-state index < -0.39 is 5.97 Å². The van der Waals surface area contributed by atoms with Crippen molar-refractivity contribution in [3.8, 4) is 0 Å². The Balaban J connectivity index is 1.80. The molecule has 18 heavy (non-hydrogen) atoms. The molecule has 2 heterocycles. The van der Waals surface area contributed by atoms with Gasteiger partial charge in [0.2, 0.25) is 0 Å². The standard InChI is InChI=1S/C11H15N3O3S/c15-10(16)2-1-8-3-5-14(6-4-8)11(17)9-7-18-13-12-9/h7-8H,1-6H2,(H,15,16). The van der Waals surface area contributed by atoms with E-state index in [9.17, 15) is 9.59 Å². The summed E-state index contributed by atoms with van der Waals surface area (Å²) in [6.45, 7) is 1.36. The minimum Gasteiger partial charge on any atom is -0.481 e. The fourth-order valence-corrected chi connectivity index (χ4v) is 2.60. The van der Waals surface area contributed by atoms with Gasteiger partial charge in [0.15, 0.2) is 5.69 Å². The number of hydrogen-bond donors (Lipinski definition) is 1. The average molecular weight is 269 g/mol. The van der Waals surface area contributed by atoms with E-state index in [1.807, 2.05) is 0 Å². The predicted octanol–water partition coefficient (Wildman–Crippen LogP) is 1.26.